The number of halogens is 3. The molecule has 0 bridgehead atoms. The molecule has 1 aromatic heterocycles. The second kappa shape index (κ2) is 10.9. The molecule has 0 atom stereocenters. The van der Waals surface area contributed by atoms with Crippen LogP contribution in [-0.4, -0.2) is 41.2 Å². The predicted molar refractivity (Wildman–Crippen MR) is 122 cm³/mol. The van der Waals surface area contributed by atoms with Crippen molar-refractivity contribution >= 4 is 40.3 Å². The first-order chi connectivity index (χ1) is 15.7. The Hall–Kier alpha value is -3.46. The molecule has 174 valence electrons. The van der Waals surface area contributed by atoms with Crippen LogP contribution in [0.5, 0.6) is 0 Å². The lowest BCUT2D eigenvalue weighted by molar-refractivity contribution is 0.132. The van der Waals surface area contributed by atoms with Crippen molar-refractivity contribution in [1.29, 1.82) is 0 Å². The zero-order chi connectivity index (χ0) is 24.0. The molecular formula is C23H23ClF2N4O3. The number of pyridine rings is 1. The van der Waals surface area contributed by atoms with Crippen LogP contribution >= 0.6 is 11.6 Å². The van der Waals surface area contributed by atoms with Gasteiger partial charge in [-0.1, -0.05) is 17.7 Å². The SMILES string of the molecule is CC(C)N(CCOC(=O)Nc1cc2cc(F)ccc2cn1)C(=O)NCc1ccc(F)cc1Cl. The van der Waals surface area contributed by atoms with E-state index in [1.807, 2.05) is 13.8 Å². The molecule has 0 spiro atoms. The van der Waals surface area contributed by atoms with Crippen LogP contribution in [-0.2, 0) is 11.3 Å². The van der Waals surface area contributed by atoms with Gasteiger partial charge in [-0.25, -0.2) is 23.4 Å². The summed E-state index contributed by atoms with van der Waals surface area (Å²) in [5.41, 5.74) is 0.577. The molecule has 2 aromatic carbocycles. The summed E-state index contributed by atoms with van der Waals surface area (Å²) < 4.78 is 31.7. The number of carbonyl (C=O) groups excluding carboxylic acids is 2. The number of benzene rings is 2. The third-order valence-electron chi connectivity index (χ3n) is 4.81. The molecule has 0 aliphatic rings. The van der Waals surface area contributed by atoms with Crippen molar-refractivity contribution in [2.24, 2.45) is 0 Å². The van der Waals surface area contributed by atoms with Crippen molar-refractivity contribution in [3.05, 3.63) is 70.9 Å². The highest BCUT2D eigenvalue weighted by molar-refractivity contribution is 6.31. The number of hydrogen-bond acceptors (Lipinski definition) is 4. The molecule has 0 saturated carbocycles. The highest BCUT2D eigenvalue weighted by Crippen LogP contribution is 2.18. The first-order valence-electron chi connectivity index (χ1n) is 10.2. The number of nitrogens with one attached hydrogen (secondary N) is 2. The molecule has 0 aliphatic heterocycles. The summed E-state index contributed by atoms with van der Waals surface area (Å²) in [5.74, 6) is -0.635. The fourth-order valence-corrected chi connectivity index (χ4v) is 3.32. The molecule has 0 aliphatic carbocycles. The maximum absolute atomic E-state index is 13.4. The van der Waals surface area contributed by atoms with E-state index in [1.165, 1.54) is 47.5 Å². The lowest BCUT2D eigenvalue weighted by Crippen LogP contribution is -2.45. The van der Waals surface area contributed by atoms with Gasteiger partial charge in [-0.2, -0.15) is 0 Å². The molecule has 0 radical (unpaired) electrons. The number of anilines is 1. The van der Waals surface area contributed by atoms with Gasteiger partial charge in [0.15, 0.2) is 0 Å². The second-order valence-electron chi connectivity index (χ2n) is 7.50. The summed E-state index contributed by atoms with van der Waals surface area (Å²) >= 11 is 5.99. The molecule has 3 aromatic rings. The Kier molecular flexibility index (Phi) is 8.00. The third kappa shape index (κ3) is 6.76. The van der Waals surface area contributed by atoms with Gasteiger partial charge in [0.1, 0.15) is 24.1 Å². The van der Waals surface area contributed by atoms with Crippen LogP contribution in [0.3, 0.4) is 0 Å². The molecule has 3 rings (SSSR count). The van der Waals surface area contributed by atoms with Crippen LogP contribution in [0.15, 0.2) is 48.7 Å². The van der Waals surface area contributed by atoms with E-state index in [-0.39, 0.29) is 42.6 Å². The fraction of sp³-hybridized carbons (Fsp3) is 0.261. The van der Waals surface area contributed by atoms with Crippen LogP contribution in [0.1, 0.15) is 19.4 Å². The monoisotopic (exact) mass is 476 g/mol. The lowest BCUT2D eigenvalue weighted by Gasteiger charge is -2.26. The van der Waals surface area contributed by atoms with E-state index in [1.54, 1.807) is 6.07 Å². The second-order valence-corrected chi connectivity index (χ2v) is 7.91. The van der Waals surface area contributed by atoms with Gasteiger partial charge in [0.05, 0.1) is 6.54 Å². The van der Waals surface area contributed by atoms with Gasteiger partial charge < -0.3 is 15.0 Å². The summed E-state index contributed by atoms with van der Waals surface area (Å²) in [4.78, 5) is 30.2. The number of rotatable bonds is 7. The standard InChI is InChI=1S/C23H23ClF2N4O3/c1-14(2)30(22(31)28-13-16-4-6-19(26)11-20(16)24)7-8-33-23(32)29-21-10-17-9-18(25)5-3-15(17)12-27-21/h3-6,9-12,14H,7-8,13H2,1-2H3,(H,28,31)(H,27,29,32). The number of carbonyl (C=O) groups is 2. The predicted octanol–water partition coefficient (Wildman–Crippen LogP) is 5.34. The van der Waals surface area contributed by atoms with Crippen molar-refractivity contribution in [1.82, 2.24) is 15.2 Å². The normalized spacial score (nSPS) is 10.8. The summed E-state index contributed by atoms with van der Waals surface area (Å²) in [7, 11) is 0. The Morgan fingerprint density at radius 1 is 1.09 bits per heavy atom. The van der Waals surface area contributed by atoms with Crippen LogP contribution in [0, 0.1) is 11.6 Å². The van der Waals surface area contributed by atoms with Crippen LogP contribution < -0.4 is 10.6 Å². The summed E-state index contributed by atoms with van der Waals surface area (Å²) in [6.45, 7) is 3.85. The van der Waals surface area contributed by atoms with Gasteiger partial charge in [0.2, 0.25) is 0 Å². The quantitative estimate of drug-likeness (QED) is 0.482. The van der Waals surface area contributed by atoms with E-state index < -0.39 is 17.7 Å². The number of urea groups is 1. The Labute approximate surface area is 194 Å². The van der Waals surface area contributed by atoms with E-state index in [9.17, 15) is 18.4 Å². The van der Waals surface area contributed by atoms with Gasteiger partial charge >= 0.3 is 12.1 Å². The minimum Gasteiger partial charge on any atom is -0.447 e. The van der Waals surface area contributed by atoms with Crippen molar-refractivity contribution in [3.8, 4) is 0 Å². The summed E-state index contributed by atoms with van der Waals surface area (Å²) in [6, 6.07) is 9.19. The van der Waals surface area contributed by atoms with E-state index in [2.05, 4.69) is 15.6 Å². The lowest BCUT2D eigenvalue weighted by atomic mass is 10.2. The highest BCUT2D eigenvalue weighted by atomic mass is 35.5. The molecule has 0 saturated heterocycles. The first-order valence-corrected chi connectivity index (χ1v) is 10.6. The number of fused-ring (bicyclic) bond motifs is 1. The van der Waals surface area contributed by atoms with Gasteiger partial charge in [0.25, 0.3) is 0 Å². The van der Waals surface area contributed by atoms with Crippen LogP contribution in [0.4, 0.5) is 24.2 Å². The molecule has 0 unspecified atom stereocenters. The molecule has 0 fully saturated rings. The first kappa shape index (κ1) is 24.2. The van der Waals surface area contributed by atoms with Crippen molar-refractivity contribution in [2.75, 3.05) is 18.5 Å². The third-order valence-corrected chi connectivity index (χ3v) is 5.16. The number of amides is 3. The molecule has 33 heavy (non-hydrogen) atoms. The van der Waals surface area contributed by atoms with Gasteiger partial charge in [-0.3, -0.25) is 5.32 Å². The zero-order valence-corrected chi connectivity index (χ0v) is 18.8. The number of hydrogen-bond donors (Lipinski definition) is 2. The fourth-order valence-electron chi connectivity index (χ4n) is 3.09. The van der Waals surface area contributed by atoms with E-state index in [0.29, 0.717) is 10.9 Å². The Morgan fingerprint density at radius 2 is 1.82 bits per heavy atom. The van der Waals surface area contributed by atoms with Crippen molar-refractivity contribution < 1.29 is 23.1 Å². The van der Waals surface area contributed by atoms with E-state index in [0.717, 1.165) is 5.39 Å². The molecule has 2 N–H and O–H groups in total. The molecule has 7 nitrogen and oxygen atoms in total. The van der Waals surface area contributed by atoms with Crippen LogP contribution in [0.25, 0.3) is 10.8 Å². The average Bonchev–Trinajstić information content (AvgIpc) is 2.75. The summed E-state index contributed by atoms with van der Waals surface area (Å²) in [5, 5.41) is 6.75. The van der Waals surface area contributed by atoms with Crippen molar-refractivity contribution in [2.45, 2.75) is 26.4 Å². The Bertz CT molecular complexity index is 1160. The average molecular weight is 477 g/mol. The number of aromatic nitrogens is 1. The van der Waals surface area contributed by atoms with Crippen LogP contribution in [0.2, 0.25) is 5.02 Å². The highest BCUT2D eigenvalue weighted by Gasteiger charge is 2.18. The Balaban J connectivity index is 1.50. The molecular weight excluding hydrogens is 454 g/mol. The molecule has 1 heterocycles. The maximum atomic E-state index is 13.4. The van der Waals surface area contributed by atoms with Gasteiger partial charge in [0, 0.05) is 29.2 Å². The summed E-state index contributed by atoms with van der Waals surface area (Å²) in [6.07, 6.45) is 0.767. The number of ether oxygens (including phenoxy) is 1. The largest absolute Gasteiger partial charge is 0.447 e. The molecule has 10 heteroatoms. The van der Waals surface area contributed by atoms with Gasteiger partial charge in [-0.15, -0.1) is 0 Å². The minimum absolute atomic E-state index is 0.0586. The zero-order valence-electron chi connectivity index (χ0n) is 18.1. The van der Waals surface area contributed by atoms with Crippen molar-refractivity contribution in [3.63, 3.8) is 0 Å². The minimum atomic E-state index is -0.750. The van der Waals surface area contributed by atoms with E-state index >= 15 is 0 Å². The smallest absolute Gasteiger partial charge is 0.412 e. The van der Waals surface area contributed by atoms with Gasteiger partial charge in [-0.05, 0) is 61.2 Å². The Morgan fingerprint density at radius 3 is 2.55 bits per heavy atom. The number of nitrogens with zero attached hydrogens (tertiary/aromatic N) is 2. The maximum Gasteiger partial charge on any atom is 0.412 e. The topological polar surface area (TPSA) is 83.6 Å². The molecule has 3 amide bonds. The van der Waals surface area contributed by atoms with E-state index in [4.69, 9.17) is 16.3 Å².